The molecule has 196 valence electrons. The Labute approximate surface area is 233 Å². The number of halogens is 4. The third kappa shape index (κ3) is 5.52. The SMILES string of the molecule is CN1C(=O)c2ccc(F)cc2C1C(CCN1CCC(O)(c2ccccc2)CC1)c1ccc(Cl)c(Cl)c1.Cl. The number of likely N-dealkylation sites (tertiary alicyclic amines) is 1. The molecule has 1 amide bonds. The van der Waals surface area contributed by atoms with Crippen LogP contribution in [-0.4, -0.2) is 47.5 Å². The highest BCUT2D eigenvalue weighted by molar-refractivity contribution is 6.42. The molecule has 37 heavy (non-hydrogen) atoms. The van der Waals surface area contributed by atoms with Gasteiger partial charge in [0, 0.05) is 31.6 Å². The molecule has 3 aromatic rings. The molecule has 2 heterocycles. The van der Waals surface area contributed by atoms with Crippen LogP contribution in [0.1, 0.15) is 58.3 Å². The molecule has 2 aliphatic rings. The average Bonchev–Trinajstić information content (AvgIpc) is 3.12. The lowest BCUT2D eigenvalue weighted by Crippen LogP contribution is -2.43. The van der Waals surface area contributed by atoms with Crippen molar-refractivity contribution in [2.24, 2.45) is 0 Å². The number of hydrogen-bond acceptors (Lipinski definition) is 3. The Kier molecular flexibility index (Phi) is 8.51. The monoisotopic (exact) mass is 562 g/mol. The highest BCUT2D eigenvalue weighted by Gasteiger charge is 2.41. The standard InChI is InChI=1S/C29H29Cl2FN2O2.ClH/c1-33-27(24-18-21(32)8-9-23(24)28(33)35)22(19-7-10-25(30)26(31)17-19)11-14-34-15-12-29(36,13-16-34)20-5-3-2-4-6-20;/h2-10,17-18,22,27,36H,11-16H2,1H3;1H. The zero-order chi connectivity index (χ0) is 25.4. The van der Waals surface area contributed by atoms with E-state index < -0.39 is 5.60 Å². The first kappa shape index (κ1) is 27.9. The van der Waals surface area contributed by atoms with Crippen molar-refractivity contribution in [3.05, 3.63) is 105 Å². The summed E-state index contributed by atoms with van der Waals surface area (Å²) in [5.74, 6) is -0.566. The van der Waals surface area contributed by atoms with E-state index in [4.69, 9.17) is 23.2 Å². The third-order valence-electron chi connectivity index (χ3n) is 7.80. The molecule has 0 bridgehead atoms. The number of piperidine rings is 1. The van der Waals surface area contributed by atoms with Crippen molar-refractivity contribution < 1.29 is 14.3 Å². The van der Waals surface area contributed by atoms with E-state index in [1.54, 1.807) is 24.1 Å². The number of nitrogens with zero attached hydrogens (tertiary/aromatic N) is 2. The predicted molar refractivity (Wildman–Crippen MR) is 148 cm³/mol. The summed E-state index contributed by atoms with van der Waals surface area (Å²) < 4.78 is 14.3. The molecule has 0 saturated carbocycles. The van der Waals surface area contributed by atoms with Crippen LogP contribution in [0.3, 0.4) is 0 Å². The Morgan fingerprint density at radius 3 is 2.41 bits per heavy atom. The van der Waals surface area contributed by atoms with Crippen LogP contribution in [0, 0.1) is 5.82 Å². The van der Waals surface area contributed by atoms with Crippen LogP contribution < -0.4 is 0 Å². The van der Waals surface area contributed by atoms with Gasteiger partial charge in [0.1, 0.15) is 5.82 Å². The molecule has 0 spiro atoms. The number of carbonyl (C=O) groups excluding carboxylic acids is 1. The highest BCUT2D eigenvalue weighted by Crippen LogP contribution is 2.45. The lowest BCUT2D eigenvalue weighted by molar-refractivity contribution is -0.0266. The van der Waals surface area contributed by atoms with Crippen LogP contribution in [0.2, 0.25) is 10.0 Å². The summed E-state index contributed by atoms with van der Waals surface area (Å²) >= 11 is 12.6. The molecule has 8 heteroatoms. The minimum atomic E-state index is -0.810. The Bertz CT molecular complexity index is 1270. The van der Waals surface area contributed by atoms with E-state index in [-0.39, 0.29) is 36.1 Å². The number of amides is 1. The maximum atomic E-state index is 14.3. The molecule has 2 aliphatic heterocycles. The zero-order valence-electron chi connectivity index (χ0n) is 20.5. The van der Waals surface area contributed by atoms with Gasteiger partial charge in [0.25, 0.3) is 5.91 Å². The van der Waals surface area contributed by atoms with Crippen molar-refractivity contribution >= 4 is 41.5 Å². The van der Waals surface area contributed by atoms with E-state index in [1.165, 1.54) is 12.1 Å². The number of aliphatic hydroxyl groups is 1. The first-order chi connectivity index (χ1) is 17.3. The van der Waals surface area contributed by atoms with Gasteiger partial charge in [-0.25, -0.2) is 4.39 Å². The number of rotatable bonds is 6. The van der Waals surface area contributed by atoms with Crippen molar-refractivity contribution in [3.63, 3.8) is 0 Å². The molecule has 2 unspecified atom stereocenters. The Balaban J connectivity index is 0.00000320. The van der Waals surface area contributed by atoms with E-state index in [0.29, 0.717) is 34.0 Å². The van der Waals surface area contributed by atoms with E-state index in [0.717, 1.165) is 37.2 Å². The molecule has 1 saturated heterocycles. The molecule has 1 N–H and O–H groups in total. The molecule has 2 atom stereocenters. The summed E-state index contributed by atoms with van der Waals surface area (Å²) in [5, 5.41) is 12.1. The van der Waals surface area contributed by atoms with Gasteiger partial charge in [-0.3, -0.25) is 4.79 Å². The number of benzene rings is 3. The lowest BCUT2D eigenvalue weighted by Gasteiger charge is -2.39. The maximum absolute atomic E-state index is 14.3. The summed E-state index contributed by atoms with van der Waals surface area (Å²) in [6, 6.07) is 19.5. The average molecular weight is 564 g/mol. The first-order valence-electron chi connectivity index (χ1n) is 12.3. The second kappa shape index (κ2) is 11.3. The van der Waals surface area contributed by atoms with E-state index in [1.807, 2.05) is 42.5 Å². The highest BCUT2D eigenvalue weighted by atomic mass is 35.5. The van der Waals surface area contributed by atoms with Crippen molar-refractivity contribution in [1.29, 1.82) is 0 Å². The van der Waals surface area contributed by atoms with Crippen LogP contribution in [-0.2, 0) is 5.60 Å². The molecule has 0 aromatic heterocycles. The molecule has 1 fully saturated rings. The molecule has 0 radical (unpaired) electrons. The summed E-state index contributed by atoms with van der Waals surface area (Å²) in [7, 11) is 1.77. The van der Waals surface area contributed by atoms with Gasteiger partial charge < -0.3 is 14.9 Å². The number of fused-ring (bicyclic) bond motifs is 1. The lowest BCUT2D eigenvalue weighted by atomic mass is 9.83. The molecule has 3 aromatic carbocycles. The van der Waals surface area contributed by atoms with Gasteiger partial charge in [-0.1, -0.05) is 59.6 Å². The van der Waals surface area contributed by atoms with Crippen molar-refractivity contribution in [1.82, 2.24) is 9.80 Å². The fourth-order valence-electron chi connectivity index (χ4n) is 5.74. The van der Waals surface area contributed by atoms with Crippen LogP contribution in [0.15, 0.2) is 66.7 Å². The molecule has 4 nitrogen and oxygen atoms in total. The van der Waals surface area contributed by atoms with Gasteiger partial charge in [0.05, 0.1) is 21.7 Å². The van der Waals surface area contributed by atoms with Gasteiger partial charge in [0.15, 0.2) is 0 Å². The van der Waals surface area contributed by atoms with Crippen molar-refractivity contribution in [2.45, 2.75) is 36.8 Å². The summed E-state index contributed by atoms with van der Waals surface area (Å²) in [5.41, 5.74) is 2.36. The Morgan fingerprint density at radius 1 is 1.03 bits per heavy atom. The number of carbonyl (C=O) groups is 1. The first-order valence-corrected chi connectivity index (χ1v) is 13.0. The minimum absolute atomic E-state index is 0. The normalized spacial score (nSPS) is 19.9. The fraction of sp³-hybridized carbons (Fsp3) is 0.345. The second-order valence-electron chi connectivity index (χ2n) is 9.90. The Hall–Kier alpha value is -2.15. The van der Waals surface area contributed by atoms with E-state index in [9.17, 15) is 14.3 Å². The fourth-order valence-corrected chi connectivity index (χ4v) is 6.05. The van der Waals surface area contributed by atoms with Crippen LogP contribution >= 0.6 is 35.6 Å². The molecule has 5 rings (SSSR count). The summed E-state index contributed by atoms with van der Waals surface area (Å²) in [4.78, 5) is 17.1. The predicted octanol–water partition coefficient (Wildman–Crippen LogP) is 6.84. The van der Waals surface area contributed by atoms with Gasteiger partial charge in [0.2, 0.25) is 0 Å². The largest absolute Gasteiger partial charge is 0.385 e. The van der Waals surface area contributed by atoms with Gasteiger partial charge in [-0.05, 0) is 72.8 Å². The van der Waals surface area contributed by atoms with Crippen molar-refractivity contribution in [2.75, 3.05) is 26.7 Å². The van der Waals surface area contributed by atoms with E-state index in [2.05, 4.69) is 4.90 Å². The molecular formula is C29H30Cl3FN2O2. The molecule has 0 aliphatic carbocycles. The summed E-state index contributed by atoms with van der Waals surface area (Å²) in [6.07, 6.45) is 2.05. The topological polar surface area (TPSA) is 43.8 Å². The quantitative estimate of drug-likeness (QED) is 0.357. The van der Waals surface area contributed by atoms with Crippen LogP contribution in [0.4, 0.5) is 4.39 Å². The second-order valence-corrected chi connectivity index (χ2v) is 10.7. The minimum Gasteiger partial charge on any atom is -0.385 e. The smallest absolute Gasteiger partial charge is 0.254 e. The third-order valence-corrected chi connectivity index (χ3v) is 8.54. The Morgan fingerprint density at radius 2 is 1.73 bits per heavy atom. The summed E-state index contributed by atoms with van der Waals surface area (Å²) in [6.45, 7) is 2.31. The number of likely N-dealkylation sites (N-methyl/N-ethyl adjacent to an activating group) is 1. The maximum Gasteiger partial charge on any atom is 0.254 e. The van der Waals surface area contributed by atoms with Crippen LogP contribution in [0.5, 0.6) is 0 Å². The van der Waals surface area contributed by atoms with Crippen LogP contribution in [0.25, 0.3) is 0 Å². The van der Waals surface area contributed by atoms with E-state index >= 15 is 0 Å². The molecular weight excluding hydrogens is 534 g/mol. The van der Waals surface area contributed by atoms with Gasteiger partial charge in [-0.2, -0.15) is 0 Å². The van der Waals surface area contributed by atoms with Gasteiger partial charge >= 0.3 is 0 Å². The zero-order valence-corrected chi connectivity index (χ0v) is 22.9. The van der Waals surface area contributed by atoms with Gasteiger partial charge in [-0.15, -0.1) is 12.4 Å². The number of hydrogen-bond donors (Lipinski definition) is 1. The van der Waals surface area contributed by atoms with Crippen molar-refractivity contribution in [3.8, 4) is 0 Å².